The summed E-state index contributed by atoms with van der Waals surface area (Å²) in [6, 6.07) is 2.75. The Morgan fingerprint density at radius 2 is 2.05 bits per heavy atom. The SMILES string of the molecule is CC1CCCCC1OCCNC(=O)Nc1ccc(F)c(F)c1. The number of carbonyl (C=O) groups is 1. The molecule has 0 heterocycles. The van der Waals surface area contributed by atoms with Gasteiger partial charge in [-0.2, -0.15) is 0 Å². The standard InChI is InChI=1S/C16H22F2N2O2/c1-11-4-2-3-5-15(11)22-9-8-19-16(21)20-12-6-7-13(17)14(18)10-12/h6-7,10-11,15H,2-5,8-9H2,1H3,(H2,19,20,21). The second-order valence-corrected chi connectivity index (χ2v) is 5.68. The van der Waals surface area contributed by atoms with Crippen LogP contribution in [0.2, 0.25) is 0 Å². The van der Waals surface area contributed by atoms with Crippen LogP contribution < -0.4 is 10.6 Å². The number of rotatable bonds is 5. The molecule has 1 fully saturated rings. The number of ether oxygens (including phenoxy) is 1. The molecule has 0 saturated heterocycles. The van der Waals surface area contributed by atoms with Crippen molar-refractivity contribution in [1.29, 1.82) is 0 Å². The van der Waals surface area contributed by atoms with Crippen molar-refractivity contribution in [2.45, 2.75) is 38.7 Å². The lowest BCUT2D eigenvalue weighted by atomic mass is 9.88. The fourth-order valence-corrected chi connectivity index (χ4v) is 2.65. The quantitative estimate of drug-likeness (QED) is 0.815. The highest BCUT2D eigenvalue weighted by atomic mass is 19.2. The molecule has 0 spiro atoms. The van der Waals surface area contributed by atoms with Gasteiger partial charge in [0.2, 0.25) is 0 Å². The van der Waals surface area contributed by atoms with Crippen LogP contribution in [0.25, 0.3) is 0 Å². The number of hydrogen-bond acceptors (Lipinski definition) is 2. The second kappa shape index (κ2) is 8.08. The van der Waals surface area contributed by atoms with Crippen molar-refractivity contribution in [3.8, 4) is 0 Å². The molecule has 2 unspecified atom stereocenters. The Hall–Kier alpha value is -1.69. The van der Waals surface area contributed by atoms with E-state index < -0.39 is 17.7 Å². The van der Waals surface area contributed by atoms with Crippen LogP contribution in [0.4, 0.5) is 19.3 Å². The second-order valence-electron chi connectivity index (χ2n) is 5.68. The first kappa shape index (κ1) is 16.7. The third-order valence-corrected chi connectivity index (χ3v) is 3.93. The molecule has 0 bridgehead atoms. The van der Waals surface area contributed by atoms with Gasteiger partial charge in [0.05, 0.1) is 12.7 Å². The zero-order valence-corrected chi connectivity index (χ0v) is 12.7. The van der Waals surface area contributed by atoms with Crippen molar-refractivity contribution in [2.75, 3.05) is 18.5 Å². The van der Waals surface area contributed by atoms with Gasteiger partial charge >= 0.3 is 6.03 Å². The normalized spacial score (nSPS) is 21.4. The van der Waals surface area contributed by atoms with Crippen LogP contribution in [0.5, 0.6) is 0 Å². The number of hydrogen-bond donors (Lipinski definition) is 2. The van der Waals surface area contributed by atoms with Gasteiger partial charge < -0.3 is 15.4 Å². The highest BCUT2D eigenvalue weighted by Crippen LogP contribution is 2.25. The summed E-state index contributed by atoms with van der Waals surface area (Å²) in [5.41, 5.74) is 0.207. The molecule has 1 aromatic rings. The maximum absolute atomic E-state index is 13.0. The molecule has 4 nitrogen and oxygen atoms in total. The van der Waals surface area contributed by atoms with Crippen molar-refractivity contribution in [2.24, 2.45) is 5.92 Å². The largest absolute Gasteiger partial charge is 0.376 e. The molecular weight excluding hydrogens is 290 g/mol. The molecule has 2 rings (SSSR count). The molecule has 2 N–H and O–H groups in total. The molecule has 6 heteroatoms. The number of benzene rings is 1. The van der Waals surface area contributed by atoms with E-state index in [1.54, 1.807) is 0 Å². The minimum absolute atomic E-state index is 0.207. The molecule has 0 radical (unpaired) electrons. The smallest absolute Gasteiger partial charge is 0.319 e. The van der Waals surface area contributed by atoms with E-state index in [0.717, 1.165) is 18.6 Å². The first-order valence-electron chi connectivity index (χ1n) is 7.68. The topological polar surface area (TPSA) is 50.4 Å². The average molecular weight is 312 g/mol. The summed E-state index contributed by atoms with van der Waals surface area (Å²) in [6.07, 6.45) is 4.98. The maximum atomic E-state index is 13.0. The summed E-state index contributed by atoms with van der Waals surface area (Å²) in [7, 11) is 0. The van der Waals surface area contributed by atoms with Crippen LogP contribution >= 0.6 is 0 Å². The molecule has 1 aromatic carbocycles. The number of carbonyl (C=O) groups excluding carboxylic acids is 1. The van der Waals surface area contributed by atoms with Gasteiger partial charge in [-0.05, 0) is 30.9 Å². The predicted molar refractivity (Wildman–Crippen MR) is 80.8 cm³/mol. The third kappa shape index (κ3) is 4.94. The fourth-order valence-electron chi connectivity index (χ4n) is 2.65. The first-order chi connectivity index (χ1) is 10.6. The van der Waals surface area contributed by atoms with Crippen molar-refractivity contribution in [3.63, 3.8) is 0 Å². The number of amides is 2. The van der Waals surface area contributed by atoms with E-state index in [4.69, 9.17) is 4.74 Å². The van der Waals surface area contributed by atoms with Crippen LogP contribution in [0.1, 0.15) is 32.6 Å². The van der Waals surface area contributed by atoms with Crippen LogP contribution in [0.15, 0.2) is 18.2 Å². The Balaban J connectivity index is 1.66. The Bertz CT molecular complexity index is 511. The molecule has 1 aliphatic carbocycles. The van der Waals surface area contributed by atoms with E-state index in [9.17, 15) is 13.6 Å². The van der Waals surface area contributed by atoms with E-state index in [1.165, 1.54) is 25.3 Å². The summed E-state index contributed by atoms with van der Waals surface area (Å²) >= 11 is 0. The lowest BCUT2D eigenvalue weighted by Crippen LogP contribution is -2.34. The molecule has 122 valence electrons. The van der Waals surface area contributed by atoms with Crippen molar-refractivity contribution in [3.05, 3.63) is 29.8 Å². The van der Waals surface area contributed by atoms with Crippen molar-refractivity contribution >= 4 is 11.7 Å². The number of nitrogens with one attached hydrogen (secondary N) is 2. The van der Waals surface area contributed by atoms with E-state index in [0.29, 0.717) is 19.1 Å². The molecule has 2 atom stereocenters. The molecule has 1 saturated carbocycles. The minimum atomic E-state index is -0.993. The maximum Gasteiger partial charge on any atom is 0.319 e. The summed E-state index contributed by atoms with van der Waals surface area (Å²) in [5.74, 6) is -1.38. The molecule has 0 aliphatic heterocycles. The molecular formula is C16H22F2N2O2. The average Bonchev–Trinajstić information content (AvgIpc) is 2.49. The summed E-state index contributed by atoms with van der Waals surface area (Å²) in [6.45, 7) is 3.01. The zero-order chi connectivity index (χ0) is 15.9. The van der Waals surface area contributed by atoms with Crippen LogP contribution in [0.3, 0.4) is 0 Å². The number of urea groups is 1. The van der Waals surface area contributed by atoms with Crippen LogP contribution in [0, 0.1) is 17.6 Å². The molecule has 0 aromatic heterocycles. The Morgan fingerprint density at radius 3 is 2.77 bits per heavy atom. The lowest BCUT2D eigenvalue weighted by molar-refractivity contribution is -0.00232. The predicted octanol–water partition coefficient (Wildman–Crippen LogP) is 3.68. The fraction of sp³-hybridized carbons (Fsp3) is 0.562. The third-order valence-electron chi connectivity index (χ3n) is 3.93. The van der Waals surface area contributed by atoms with Gasteiger partial charge in [0.25, 0.3) is 0 Å². The molecule has 2 amide bonds. The van der Waals surface area contributed by atoms with E-state index in [1.807, 2.05) is 0 Å². The lowest BCUT2D eigenvalue weighted by Gasteiger charge is -2.28. The van der Waals surface area contributed by atoms with Crippen molar-refractivity contribution in [1.82, 2.24) is 5.32 Å². The van der Waals surface area contributed by atoms with E-state index >= 15 is 0 Å². The monoisotopic (exact) mass is 312 g/mol. The van der Waals surface area contributed by atoms with Gasteiger partial charge in [-0.1, -0.05) is 19.8 Å². The number of halogens is 2. The van der Waals surface area contributed by atoms with Crippen LogP contribution in [-0.4, -0.2) is 25.3 Å². The van der Waals surface area contributed by atoms with E-state index in [2.05, 4.69) is 17.6 Å². The van der Waals surface area contributed by atoms with Crippen molar-refractivity contribution < 1.29 is 18.3 Å². The zero-order valence-electron chi connectivity index (χ0n) is 12.7. The Kier molecular flexibility index (Phi) is 6.12. The highest BCUT2D eigenvalue weighted by Gasteiger charge is 2.21. The summed E-state index contributed by atoms with van der Waals surface area (Å²) < 4.78 is 31.6. The molecule has 1 aliphatic rings. The summed E-state index contributed by atoms with van der Waals surface area (Å²) in [5, 5.41) is 5.07. The van der Waals surface area contributed by atoms with Gasteiger partial charge in [0, 0.05) is 18.3 Å². The number of anilines is 1. The van der Waals surface area contributed by atoms with Gasteiger partial charge in [-0.15, -0.1) is 0 Å². The van der Waals surface area contributed by atoms with Crippen LogP contribution in [-0.2, 0) is 4.74 Å². The minimum Gasteiger partial charge on any atom is -0.376 e. The first-order valence-corrected chi connectivity index (χ1v) is 7.68. The van der Waals surface area contributed by atoms with Gasteiger partial charge in [0.1, 0.15) is 0 Å². The van der Waals surface area contributed by atoms with E-state index in [-0.39, 0.29) is 11.8 Å². The Labute approximate surface area is 129 Å². The Morgan fingerprint density at radius 1 is 1.27 bits per heavy atom. The van der Waals surface area contributed by atoms with Gasteiger partial charge in [-0.3, -0.25) is 0 Å². The summed E-state index contributed by atoms with van der Waals surface area (Å²) in [4.78, 5) is 11.6. The van der Waals surface area contributed by atoms with Gasteiger partial charge in [0.15, 0.2) is 11.6 Å². The molecule has 22 heavy (non-hydrogen) atoms. The highest BCUT2D eigenvalue weighted by molar-refractivity contribution is 5.89. The van der Waals surface area contributed by atoms with Gasteiger partial charge in [-0.25, -0.2) is 13.6 Å².